The maximum Gasteiger partial charge on any atom is 0.407 e. The number of carbonyl (C=O) groups excluding carboxylic acids is 2. The Morgan fingerprint density at radius 2 is 1.53 bits per heavy atom. The molecule has 0 radical (unpaired) electrons. The molecule has 2 aromatic carbocycles. The fourth-order valence-electron chi connectivity index (χ4n) is 4.25. The molecule has 0 bridgehead atoms. The lowest BCUT2D eigenvalue weighted by Crippen LogP contribution is -2.49. The summed E-state index contributed by atoms with van der Waals surface area (Å²) in [5.41, 5.74) is 4.54. The van der Waals surface area contributed by atoms with Gasteiger partial charge in [0.2, 0.25) is 5.91 Å². The number of benzene rings is 2. The number of rotatable bonds is 10. The number of aliphatic carboxylic acids is 1. The van der Waals surface area contributed by atoms with Crippen LogP contribution in [0.3, 0.4) is 0 Å². The smallest absolute Gasteiger partial charge is 0.407 e. The topological polar surface area (TPSA) is 108 Å². The van der Waals surface area contributed by atoms with Crippen molar-refractivity contribution in [3.63, 3.8) is 0 Å². The molecular formula is C26H33N3O5. The minimum Gasteiger partial charge on any atom is -0.480 e. The summed E-state index contributed by atoms with van der Waals surface area (Å²) < 4.78 is 5.59. The number of amides is 2. The predicted molar refractivity (Wildman–Crippen MR) is 130 cm³/mol. The Kier molecular flexibility index (Phi) is 8.28. The highest BCUT2D eigenvalue weighted by atomic mass is 16.5. The number of carboxylic acid groups (broad SMARTS) is 1. The van der Waals surface area contributed by atoms with Crippen LogP contribution in [0.2, 0.25) is 0 Å². The predicted octanol–water partition coefficient (Wildman–Crippen LogP) is 3.07. The zero-order valence-corrected chi connectivity index (χ0v) is 20.1. The molecule has 3 N–H and O–H groups in total. The monoisotopic (exact) mass is 467 g/mol. The average Bonchev–Trinajstić information content (AvgIpc) is 3.10. The highest BCUT2D eigenvalue weighted by molar-refractivity contribution is 5.84. The molecule has 3 rings (SSSR count). The van der Waals surface area contributed by atoms with Crippen LogP contribution in [-0.2, 0) is 14.3 Å². The van der Waals surface area contributed by atoms with Crippen LogP contribution in [0.1, 0.15) is 37.3 Å². The molecule has 0 heterocycles. The molecule has 0 saturated heterocycles. The van der Waals surface area contributed by atoms with E-state index in [1.807, 2.05) is 38.1 Å². The van der Waals surface area contributed by atoms with Crippen molar-refractivity contribution < 1.29 is 24.2 Å². The summed E-state index contributed by atoms with van der Waals surface area (Å²) in [5, 5.41) is 14.7. The molecule has 0 saturated carbocycles. The average molecular weight is 468 g/mol. The van der Waals surface area contributed by atoms with Crippen LogP contribution >= 0.6 is 0 Å². The van der Waals surface area contributed by atoms with E-state index >= 15 is 0 Å². The molecule has 8 nitrogen and oxygen atoms in total. The maximum absolute atomic E-state index is 12.6. The van der Waals surface area contributed by atoms with Gasteiger partial charge in [-0.1, -0.05) is 62.4 Å². The fraction of sp³-hybridized carbons (Fsp3) is 0.423. The standard InChI is InChI=1S/C26H33N3O5/c1-16(2)22(13-24(30)27-23(25(31)32)14-29(3)4)28-26(33)34-15-21-19-11-7-5-9-17(19)18-10-6-8-12-20(18)21/h5-12,16,21-23H,13-15H2,1-4H3,(H,27,30)(H,28,33)(H,31,32)/t22-,23?/m1/s1. The second-order valence-electron chi connectivity index (χ2n) is 9.25. The SMILES string of the molecule is CC(C)[C@@H](CC(=O)NC(CN(C)C)C(=O)O)NC(=O)OCC1c2ccccc2-c2ccccc21. The lowest BCUT2D eigenvalue weighted by molar-refractivity contribution is -0.142. The lowest BCUT2D eigenvalue weighted by atomic mass is 9.98. The van der Waals surface area contributed by atoms with Gasteiger partial charge in [-0.15, -0.1) is 0 Å². The van der Waals surface area contributed by atoms with Crippen molar-refractivity contribution in [1.29, 1.82) is 0 Å². The molecule has 8 heteroatoms. The molecule has 0 spiro atoms. The minimum atomic E-state index is -1.10. The summed E-state index contributed by atoms with van der Waals surface area (Å²) in [4.78, 5) is 38.2. The highest BCUT2D eigenvalue weighted by Crippen LogP contribution is 2.44. The van der Waals surface area contributed by atoms with Gasteiger partial charge in [-0.3, -0.25) is 4.79 Å². The molecular weight excluding hydrogens is 434 g/mol. The number of fused-ring (bicyclic) bond motifs is 3. The van der Waals surface area contributed by atoms with Gasteiger partial charge < -0.3 is 25.4 Å². The van der Waals surface area contributed by atoms with E-state index in [1.54, 1.807) is 19.0 Å². The van der Waals surface area contributed by atoms with Crippen LogP contribution < -0.4 is 10.6 Å². The Morgan fingerprint density at radius 3 is 2.03 bits per heavy atom. The quantitative estimate of drug-likeness (QED) is 0.496. The van der Waals surface area contributed by atoms with E-state index in [4.69, 9.17) is 4.74 Å². The van der Waals surface area contributed by atoms with Crippen LogP contribution in [0.5, 0.6) is 0 Å². The third-order valence-electron chi connectivity index (χ3n) is 6.04. The third kappa shape index (κ3) is 6.14. The van der Waals surface area contributed by atoms with E-state index in [1.165, 1.54) is 0 Å². The first-order valence-corrected chi connectivity index (χ1v) is 11.5. The number of ether oxygens (including phenoxy) is 1. The van der Waals surface area contributed by atoms with Crippen molar-refractivity contribution in [3.8, 4) is 11.1 Å². The molecule has 34 heavy (non-hydrogen) atoms. The van der Waals surface area contributed by atoms with E-state index in [-0.39, 0.29) is 31.4 Å². The van der Waals surface area contributed by atoms with Crippen LogP contribution in [0.15, 0.2) is 48.5 Å². The largest absolute Gasteiger partial charge is 0.480 e. The highest BCUT2D eigenvalue weighted by Gasteiger charge is 2.30. The summed E-state index contributed by atoms with van der Waals surface area (Å²) in [6.07, 6.45) is -0.643. The summed E-state index contributed by atoms with van der Waals surface area (Å²) in [7, 11) is 3.47. The summed E-state index contributed by atoms with van der Waals surface area (Å²) in [5.74, 6) is -1.65. The van der Waals surface area contributed by atoms with E-state index in [0.29, 0.717) is 0 Å². The number of hydrogen-bond donors (Lipinski definition) is 3. The van der Waals surface area contributed by atoms with Gasteiger partial charge in [-0.25, -0.2) is 9.59 Å². The van der Waals surface area contributed by atoms with Gasteiger partial charge in [0.05, 0.1) is 0 Å². The van der Waals surface area contributed by atoms with Gasteiger partial charge in [0.1, 0.15) is 12.6 Å². The third-order valence-corrected chi connectivity index (χ3v) is 6.04. The Hall–Kier alpha value is -3.39. The molecule has 0 aromatic heterocycles. The number of carbonyl (C=O) groups is 3. The number of likely N-dealkylation sites (N-methyl/N-ethyl adjacent to an activating group) is 1. The minimum absolute atomic E-state index is 0.0426. The second kappa shape index (κ2) is 11.2. The van der Waals surface area contributed by atoms with E-state index in [2.05, 4.69) is 34.9 Å². The van der Waals surface area contributed by atoms with Crippen molar-refractivity contribution >= 4 is 18.0 Å². The van der Waals surface area contributed by atoms with Crippen molar-refractivity contribution in [3.05, 3.63) is 59.7 Å². The van der Waals surface area contributed by atoms with Gasteiger partial charge in [0, 0.05) is 24.9 Å². The van der Waals surface area contributed by atoms with E-state index in [9.17, 15) is 19.5 Å². The van der Waals surface area contributed by atoms with Crippen molar-refractivity contribution in [1.82, 2.24) is 15.5 Å². The molecule has 1 aliphatic carbocycles. The fourth-order valence-corrected chi connectivity index (χ4v) is 4.25. The molecule has 0 fully saturated rings. The first kappa shape index (κ1) is 25.2. The van der Waals surface area contributed by atoms with Crippen LogP contribution in [0, 0.1) is 5.92 Å². The molecule has 0 aliphatic heterocycles. The Balaban J connectivity index is 1.59. The second-order valence-corrected chi connectivity index (χ2v) is 9.25. The molecule has 2 aromatic rings. The summed E-state index contributed by atoms with van der Waals surface area (Å²) >= 11 is 0. The van der Waals surface area contributed by atoms with Gasteiger partial charge in [0.25, 0.3) is 0 Å². The normalized spacial score (nSPS) is 14.3. The molecule has 182 valence electrons. The van der Waals surface area contributed by atoms with Gasteiger partial charge >= 0.3 is 12.1 Å². The molecule has 2 amide bonds. The number of alkyl carbamates (subject to hydrolysis) is 1. The molecule has 1 unspecified atom stereocenters. The van der Waals surface area contributed by atoms with Crippen molar-refractivity contribution in [2.45, 2.75) is 38.3 Å². The lowest BCUT2D eigenvalue weighted by Gasteiger charge is -2.24. The van der Waals surface area contributed by atoms with Gasteiger partial charge in [-0.2, -0.15) is 0 Å². The van der Waals surface area contributed by atoms with Gasteiger partial charge in [-0.05, 0) is 42.3 Å². The molecule has 2 atom stereocenters. The molecule has 1 aliphatic rings. The Labute approximate surface area is 200 Å². The summed E-state index contributed by atoms with van der Waals surface area (Å²) in [6, 6.07) is 14.7. The Bertz CT molecular complexity index is 991. The number of hydrogen-bond acceptors (Lipinski definition) is 5. The first-order valence-electron chi connectivity index (χ1n) is 11.5. The van der Waals surface area contributed by atoms with E-state index in [0.717, 1.165) is 22.3 Å². The van der Waals surface area contributed by atoms with Crippen LogP contribution in [0.25, 0.3) is 11.1 Å². The number of nitrogens with zero attached hydrogens (tertiary/aromatic N) is 1. The number of nitrogens with one attached hydrogen (secondary N) is 2. The van der Waals surface area contributed by atoms with Gasteiger partial charge in [0.15, 0.2) is 0 Å². The van der Waals surface area contributed by atoms with Crippen LogP contribution in [0.4, 0.5) is 4.79 Å². The van der Waals surface area contributed by atoms with E-state index < -0.39 is 30.1 Å². The zero-order chi connectivity index (χ0) is 24.8. The maximum atomic E-state index is 12.6. The van der Waals surface area contributed by atoms with Crippen molar-refractivity contribution in [2.75, 3.05) is 27.2 Å². The first-order chi connectivity index (χ1) is 16.2. The Morgan fingerprint density at radius 1 is 0.971 bits per heavy atom. The van der Waals surface area contributed by atoms with Crippen LogP contribution in [-0.4, -0.2) is 67.3 Å². The zero-order valence-electron chi connectivity index (χ0n) is 20.1. The van der Waals surface area contributed by atoms with Crippen molar-refractivity contribution in [2.24, 2.45) is 5.92 Å². The summed E-state index contributed by atoms with van der Waals surface area (Å²) in [6.45, 7) is 4.13. The number of carboxylic acids is 1.